The molecule has 3 aliphatic rings. The van der Waals surface area contributed by atoms with E-state index in [2.05, 4.69) is 26.3 Å². The number of carbonyl (C=O) groups is 1. The molecule has 1 aliphatic carbocycles. The molecule has 58 heavy (non-hydrogen) atoms. The molecule has 2 fully saturated rings. The summed E-state index contributed by atoms with van der Waals surface area (Å²) in [6, 6.07) is 18.4. The van der Waals surface area contributed by atoms with E-state index in [9.17, 15) is 18.8 Å². The van der Waals surface area contributed by atoms with Crippen molar-refractivity contribution in [3.63, 3.8) is 0 Å². The summed E-state index contributed by atoms with van der Waals surface area (Å²) >= 11 is 0. The normalized spacial score (nSPS) is 15.5. The van der Waals surface area contributed by atoms with E-state index in [-0.39, 0.29) is 28.2 Å². The Morgan fingerprint density at radius 3 is 2.33 bits per heavy atom. The topological polar surface area (TPSA) is 143 Å². The van der Waals surface area contributed by atoms with Gasteiger partial charge in [-0.1, -0.05) is 30.7 Å². The number of allylic oxidation sites excluding steroid dienone is 1. The lowest BCUT2D eigenvalue weighted by atomic mass is 9.84. The second-order valence-corrected chi connectivity index (χ2v) is 14.7. The Morgan fingerprint density at radius 1 is 0.879 bits per heavy atom. The molecule has 0 spiro atoms. The average molecular weight is 780 g/mol. The zero-order valence-electron chi connectivity index (χ0n) is 31.7. The Kier molecular flexibility index (Phi) is 10.5. The molecule has 5 aromatic rings. The van der Waals surface area contributed by atoms with Gasteiger partial charge in [0.1, 0.15) is 23.4 Å². The van der Waals surface area contributed by atoms with Crippen LogP contribution in [0.15, 0.2) is 115 Å². The molecular formula is C44H39F2N9O3. The minimum absolute atomic E-state index is 0.0262. The monoisotopic (exact) mass is 779 g/mol. The fourth-order valence-electron chi connectivity index (χ4n) is 7.45. The SMILES string of the molecule is Cn1ccc(CN2CCN(Cc3ccc(-c4cnc(N)c(-c5ccc(NC(=O)C6=CN(CC7CCC7)C=C(c7ccc(F)cn7)C6=C=O)cc5F)c4)cc3)C2=C=O)n1. The highest BCUT2D eigenvalue weighted by Gasteiger charge is 2.30. The standard InChI is InChI=1S/C44H39F2N9O3/c1-52-14-13-34(51-52)23-55-16-15-54(42(55)27-57)22-29-5-7-30(8-6-29)31-17-36(43(47)49-19-31)35-11-10-33(18-40(35)46)50-44(58)38-25-53(21-28-3-2-4-28)24-37(39(38)26-56)41-12-9-32(45)20-48-41/h5-14,17-20,24-25,28H,2-4,15-16,21-23H2,1H3,(H2,47,49)(H,50,58). The number of pyridine rings is 2. The number of rotatable bonds is 11. The molecule has 3 N–H and O–H groups in total. The quantitative estimate of drug-likeness (QED) is 0.150. The molecular weight excluding hydrogens is 741 g/mol. The Hall–Kier alpha value is -7.14. The first-order chi connectivity index (χ1) is 28.1. The van der Waals surface area contributed by atoms with Crippen molar-refractivity contribution in [2.24, 2.45) is 13.0 Å². The Balaban J connectivity index is 0.968. The Bertz CT molecular complexity index is 2550. The van der Waals surface area contributed by atoms with E-state index in [1.54, 1.807) is 35.4 Å². The average Bonchev–Trinajstić information content (AvgIpc) is 3.80. The van der Waals surface area contributed by atoms with Gasteiger partial charge >= 0.3 is 0 Å². The molecule has 1 saturated heterocycles. The van der Waals surface area contributed by atoms with Gasteiger partial charge in [-0.3, -0.25) is 14.5 Å². The van der Waals surface area contributed by atoms with E-state index >= 15 is 4.39 Å². The van der Waals surface area contributed by atoms with Crippen molar-refractivity contribution in [3.8, 4) is 22.3 Å². The number of halogens is 2. The van der Waals surface area contributed by atoms with E-state index in [1.807, 2.05) is 64.2 Å². The van der Waals surface area contributed by atoms with Crippen molar-refractivity contribution < 1.29 is 23.2 Å². The number of hydrogen-bond donors (Lipinski definition) is 2. The second kappa shape index (κ2) is 16.1. The van der Waals surface area contributed by atoms with Gasteiger partial charge in [-0.15, -0.1) is 0 Å². The van der Waals surface area contributed by atoms with Crippen molar-refractivity contribution in [2.75, 3.05) is 30.7 Å². The molecule has 0 radical (unpaired) electrons. The fourth-order valence-corrected chi connectivity index (χ4v) is 7.45. The molecule has 292 valence electrons. The third-order valence-corrected chi connectivity index (χ3v) is 10.7. The molecule has 8 rings (SSSR count). The highest BCUT2D eigenvalue weighted by molar-refractivity contribution is 6.14. The molecule has 2 aromatic carbocycles. The van der Waals surface area contributed by atoms with Crippen LogP contribution in [-0.2, 0) is 34.5 Å². The van der Waals surface area contributed by atoms with Crippen molar-refractivity contribution in [1.29, 1.82) is 0 Å². The Morgan fingerprint density at radius 2 is 1.67 bits per heavy atom. The third kappa shape index (κ3) is 7.92. The number of nitrogens with zero attached hydrogens (tertiary/aromatic N) is 7. The largest absolute Gasteiger partial charge is 0.383 e. The van der Waals surface area contributed by atoms with Gasteiger partial charge in [0, 0.05) is 86.0 Å². The summed E-state index contributed by atoms with van der Waals surface area (Å²) in [7, 11) is 1.86. The second-order valence-electron chi connectivity index (χ2n) is 14.7. The number of aromatic nitrogens is 4. The number of anilines is 2. The molecule has 0 unspecified atom stereocenters. The van der Waals surface area contributed by atoms with Gasteiger partial charge in [0.25, 0.3) is 5.91 Å². The van der Waals surface area contributed by atoms with Gasteiger partial charge in [0.2, 0.25) is 0 Å². The van der Waals surface area contributed by atoms with Crippen molar-refractivity contribution in [3.05, 3.63) is 143 Å². The zero-order chi connectivity index (χ0) is 40.3. The predicted octanol–water partition coefficient (Wildman–Crippen LogP) is 6.13. The molecule has 5 heterocycles. The minimum atomic E-state index is -0.646. The van der Waals surface area contributed by atoms with E-state index in [0.29, 0.717) is 66.9 Å². The van der Waals surface area contributed by atoms with Gasteiger partial charge < -0.3 is 25.8 Å². The van der Waals surface area contributed by atoms with Gasteiger partial charge in [0.05, 0.1) is 35.3 Å². The van der Waals surface area contributed by atoms with Crippen LogP contribution in [0, 0.1) is 17.6 Å². The molecule has 2 aliphatic heterocycles. The maximum Gasteiger partial charge on any atom is 0.258 e. The summed E-state index contributed by atoms with van der Waals surface area (Å²) in [5, 5.41) is 7.15. The summed E-state index contributed by atoms with van der Waals surface area (Å²) in [4.78, 5) is 52.3. The smallest absolute Gasteiger partial charge is 0.258 e. The van der Waals surface area contributed by atoms with Gasteiger partial charge in [-0.05, 0) is 72.4 Å². The van der Waals surface area contributed by atoms with E-state index in [1.165, 1.54) is 24.3 Å². The third-order valence-electron chi connectivity index (χ3n) is 10.7. The van der Waals surface area contributed by atoms with E-state index in [4.69, 9.17) is 5.73 Å². The first-order valence-corrected chi connectivity index (χ1v) is 18.9. The number of nitrogens with one attached hydrogen (secondary N) is 1. The lowest BCUT2D eigenvalue weighted by molar-refractivity contribution is -0.112. The van der Waals surface area contributed by atoms with Crippen LogP contribution in [0.5, 0.6) is 0 Å². The molecule has 14 heteroatoms. The summed E-state index contributed by atoms with van der Waals surface area (Å²) in [5.74, 6) is 3.21. The molecule has 0 bridgehead atoms. The first-order valence-electron chi connectivity index (χ1n) is 18.9. The highest BCUT2D eigenvalue weighted by Crippen LogP contribution is 2.36. The van der Waals surface area contributed by atoms with E-state index < -0.39 is 17.5 Å². The number of benzene rings is 2. The lowest BCUT2D eigenvalue weighted by Crippen LogP contribution is -2.30. The van der Waals surface area contributed by atoms with Crippen LogP contribution in [0.3, 0.4) is 0 Å². The van der Waals surface area contributed by atoms with Gasteiger partial charge in [-0.2, -0.15) is 5.10 Å². The number of nitrogens with two attached hydrogens (primary N) is 1. The van der Waals surface area contributed by atoms with Gasteiger partial charge in [0.15, 0.2) is 11.8 Å². The zero-order valence-corrected chi connectivity index (χ0v) is 31.7. The number of carbonyl (C=O) groups excluding carboxylic acids is 3. The molecule has 1 amide bonds. The first kappa shape index (κ1) is 37.8. The summed E-state index contributed by atoms with van der Waals surface area (Å²) in [5.41, 5.74) is 11.0. The van der Waals surface area contributed by atoms with Crippen molar-refractivity contribution >= 4 is 34.9 Å². The van der Waals surface area contributed by atoms with Crippen LogP contribution in [0.25, 0.3) is 27.8 Å². The summed E-state index contributed by atoms with van der Waals surface area (Å²) in [6.45, 7) is 3.04. The van der Waals surface area contributed by atoms with E-state index in [0.717, 1.165) is 42.3 Å². The number of amides is 1. The van der Waals surface area contributed by atoms with Crippen LogP contribution in [0.4, 0.5) is 20.3 Å². The van der Waals surface area contributed by atoms with Crippen LogP contribution < -0.4 is 11.1 Å². The predicted molar refractivity (Wildman–Crippen MR) is 215 cm³/mol. The van der Waals surface area contributed by atoms with Crippen LogP contribution in [0.2, 0.25) is 0 Å². The van der Waals surface area contributed by atoms with Crippen LogP contribution in [-0.4, -0.2) is 71.9 Å². The lowest BCUT2D eigenvalue weighted by Gasteiger charge is -2.32. The summed E-state index contributed by atoms with van der Waals surface area (Å²) < 4.78 is 31.3. The maximum atomic E-state index is 15.9. The molecule has 0 atom stereocenters. The van der Waals surface area contributed by atoms with Crippen LogP contribution >= 0.6 is 0 Å². The summed E-state index contributed by atoms with van der Waals surface area (Å²) in [6.07, 6.45) is 11.1. The minimum Gasteiger partial charge on any atom is -0.383 e. The Labute approximate surface area is 333 Å². The molecule has 12 nitrogen and oxygen atoms in total. The molecule has 1 saturated carbocycles. The number of hydrogen-bond acceptors (Lipinski definition) is 10. The number of nitrogen functional groups attached to an aromatic ring is 1. The van der Waals surface area contributed by atoms with Crippen molar-refractivity contribution in [2.45, 2.75) is 32.4 Å². The van der Waals surface area contributed by atoms with Crippen LogP contribution in [0.1, 0.15) is 36.2 Å². The van der Waals surface area contributed by atoms with Gasteiger partial charge in [-0.25, -0.2) is 23.4 Å². The van der Waals surface area contributed by atoms with Crippen molar-refractivity contribution in [1.82, 2.24) is 34.4 Å². The fraction of sp³-hybridized carbons (Fsp3) is 0.227. The highest BCUT2D eigenvalue weighted by atomic mass is 19.1. The maximum absolute atomic E-state index is 15.9. The number of aryl methyl sites for hydroxylation is 1. The molecule has 3 aromatic heterocycles.